The summed E-state index contributed by atoms with van der Waals surface area (Å²) in [6, 6.07) is 7.49. The van der Waals surface area contributed by atoms with Gasteiger partial charge in [0.05, 0.1) is 26.5 Å². The van der Waals surface area contributed by atoms with E-state index in [0.717, 1.165) is 17.0 Å². The van der Waals surface area contributed by atoms with Crippen molar-refractivity contribution in [2.45, 2.75) is 6.04 Å². The normalized spacial score (nSPS) is 12.2. The van der Waals surface area contributed by atoms with Crippen molar-refractivity contribution in [3.05, 3.63) is 41.7 Å². The van der Waals surface area contributed by atoms with Gasteiger partial charge in [-0.3, -0.25) is 10.5 Å². The summed E-state index contributed by atoms with van der Waals surface area (Å²) in [5.74, 6) is 7.18. The van der Waals surface area contributed by atoms with Crippen LogP contribution in [-0.2, 0) is 7.05 Å². The second-order valence-corrected chi connectivity index (χ2v) is 4.09. The fourth-order valence-electron chi connectivity index (χ4n) is 2.04. The molecule has 0 fully saturated rings. The number of methoxy groups -OCH3 is 2. The minimum atomic E-state index is -0.201. The van der Waals surface area contributed by atoms with E-state index in [-0.39, 0.29) is 6.04 Å². The Labute approximate surface area is 112 Å². The third-order valence-electron chi connectivity index (χ3n) is 3.06. The van der Waals surface area contributed by atoms with Gasteiger partial charge in [0.25, 0.3) is 0 Å². The first kappa shape index (κ1) is 13.4. The van der Waals surface area contributed by atoms with Crippen molar-refractivity contribution in [1.82, 2.24) is 15.2 Å². The van der Waals surface area contributed by atoms with Gasteiger partial charge in [-0.1, -0.05) is 12.1 Å². The van der Waals surface area contributed by atoms with Crippen LogP contribution in [0.4, 0.5) is 0 Å². The van der Waals surface area contributed by atoms with Gasteiger partial charge < -0.3 is 9.47 Å². The maximum absolute atomic E-state index is 5.68. The predicted molar refractivity (Wildman–Crippen MR) is 71.9 cm³/mol. The molecule has 0 bridgehead atoms. The highest BCUT2D eigenvalue weighted by atomic mass is 16.5. The van der Waals surface area contributed by atoms with E-state index in [2.05, 4.69) is 10.5 Å². The van der Waals surface area contributed by atoms with Crippen molar-refractivity contribution in [2.24, 2.45) is 12.9 Å². The Balaban J connectivity index is 2.40. The van der Waals surface area contributed by atoms with Gasteiger partial charge in [0.2, 0.25) is 0 Å². The minimum absolute atomic E-state index is 0.201. The standard InChI is InChI=1S/C13H18N4O2/c1-17-13(11(19-3)8-15-17)12(16-14)9-4-6-10(18-2)7-5-9/h4-8,12,16H,14H2,1-3H3. The van der Waals surface area contributed by atoms with E-state index in [1.54, 1.807) is 25.1 Å². The SMILES string of the molecule is COc1ccc(C(NN)c2c(OC)cnn2C)cc1. The molecule has 1 atom stereocenters. The number of hydrogen-bond acceptors (Lipinski definition) is 5. The van der Waals surface area contributed by atoms with Gasteiger partial charge in [-0.15, -0.1) is 0 Å². The zero-order valence-electron chi connectivity index (χ0n) is 11.3. The largest absolute Gasteiger partial charge is 0.497 e. The zero-order chi connectivity index (χ0) is 13.8. The molecule has 1 aromatic heterocycles. The Morgan fingerprint density at radius 2 is 1.89 bits per heavy atom. The summed E-state index contributed by atoms with van der Waals surface area (Å²) in [6.45, 7) is 0. The van der Waals surface area contributed by atoms with Gasteiger partial charge in [-0.2, -0.15) is 5.10 Å². The van der Waals surface area contributed by atoms with Gasteiger partial charge >= 0.3 is 0 Å². The lowest BCUT2D eigenvalue weighted by Gasteiger charge is -2.18. The van der Waals surface area contributed by atoms with Crippen LogP contribution in [0.25, 0.3) is 0 Å². The molecule has 0 saturated heterocycles. The number of aryl methyl sites for hydroxylation is 1. The van der Waals surface area contributed by atoms with E-state index in [0.29, 0.717) is 5.75 Å². The number of rotatable bonds is 5. The summed E-state index contributed by atoms with van der Waals surface area (Å²) < 4.78 is 12.2. The molecule has 0 spiro atoms. The molecule has 0 amide bonds. The van der Waals surface area contributed by atoms with Crippen molar-refractivity contribution >= 4 is 0 Å². The van der Waals surface area contributed by atoms with Gasteiger partial charge in [-0.25, -0.2) is 5.43 Å². The van der Waals surface area contributed by atoms with Crippen LogP contribution in [0.3, 0.4) is 0 Å². The Bertz CT molecular complexity index is 536. The number of hydrazine groups is 1. The van der Waals surface area contributed by atoms with E-state index >= 15 is 0 Å². The Morgan fingerprint density at radius 3 is 2.42 bits per heavy atom. The second-order valence-electron chi connectivity index (χ2n) is 4.09. The zero-order valence-corrected chi connectivity index (χ0v) is 11.3. The molecular weight excluding hydrogens is 244 g/mol. The van der Waals surface area contributed by atoms with E-state index in [1.165, 1.54) is 0 Å². The topological polar surface area (TPSA) is 74.3 Å². The van der Waals surface area contributed by atoms with Crippen LogP contribution in [0.5, 0.6) is 11.5 Å². The van der Waals surface area contributed by atoms with E-state index in [4.69, 9.17) is 15.3 Å². The van der Waals surface area contributed by atoms with Crippen molar-refractivity contribution in [3.63, 3.8) is 0 Å². The second kappa shape index (κ2) is 5.73. The molecule has 19 heavy (non-hydrogen) atoms. The summed E-state index contributed by atoms with van der Waals surface area (Å²) in [6.07, 6.45) is 1.67. The quantitative estimate of drug-likeness (QED) is 0.621. The van der Waals surface area contributed by atoms with Crippen LogP contribution in [-0.4, -0.2) is 24.0 Å². The number of nitrogens with one attached hydrogen (secondary N) is 1. The first-order chi connectivity index (χ1) is 9.21. The molecule has 0 aliphatic carbocycles. The minimum Gasteiger partial charge on any atom is -0.497 e. The highest BCUT2D eigenvalue weighted by Crippen LogP contribution is 2.29. The highest BCUT2D eigenvalue weighted by molar-refractivity contribution is 5.38. The van der Waals surface area contributed by atoms with E-state index in [9.17, 15) is 0 Å². The van der Waals surface area contributed by atoms with E-state index < -0.39 is 0 Å². The Kier molecular flexibility index (Phi) is 4.03. The molecule has 1 unspecified atom stereocenters. The first-order valence-electron chi connectivity index (χ1n) is 5.87. The number of ether oxygens (including phenoxy) is 2. The van der Waals surface area contributed by atoms with Crippen molar-refractivity contribution in [1.29, 1.82) is 0 Å². The number of nitrogens with zero attached hydrogens (tertiary/aromatic N) is 2. The Morgan fingerprint density at radius 1 is 1.21 bits per heavy atom. The first-order valence-corrected chi connectivity index (χ1v) is 5.87. The predicted octanol–water partition coefficient (Wildman–Crippen LogP) is 0.990. The summed E-state index contributed by atoms with van der Waals surface area (Å²) in [7, 11) is 5.10. The maximum atomic E-state index is 5.68. The molecule has 3 N–H and O–H groups in total. The van der Waals surface area contributed by atoms with E-state index in [1.807, 2.05) is 31.3 Å². The number of benzene rings is 1. The molecule has 6 heteroatoms. The van der Waals surface area contributed by atoms with Crippen LogP contribution < -0.4 is 20.7 Å². The van der Waals surface area contributed by atoms with Gasteiger partial charge in [0.15, 0.2) is 5.75 Å². The summed E-state index contributed by atoms with van der Waals surface area (Å²) in [5.41, 5.74) is 4.67. The number of nitrogens with two attached hydrogens (primary N) is 1. The van der Waals surface area contributed by atoms with Crippen molar-refractivity contribution in [3.8, 4) is 11.5 Å². The molecule has 2 rings (SSSR count). The van der Waals surface area contributed by atoms with Crippen LogP contribution in [0.2, 0.25) is 0 Å². The smallest absolute Gasteiger partial charge is 0.161 e. The summed E-state index contributed by atoms with van der Waals surface area (Å²) >= 11 is 0. The van der Waals surface area contributed by atoms with Gasteiger partial charge in [-0.05, 0) is 17.7 Å². The third-order valence-corrected chi connectivity index (χ3v) is 3.06. The molecule has 1 heterocycles. The summed E-state index contributed by atoms with van der Waals surface area (Å²) in [5, 5.41) is 4.19. The number of aromatic nitrogens is 2. The number of hydrogen-bond donors (Lipinski definition) is 2. The molecule has 0 aliphatic rings. The van der Waals surface area contributed by atoms with Crippen molar-refractivity contribution in [2.75, 3.05) is 14.2 Å². The highest BCUT2D eigenvalue weighted by Gasteiger charge is 2.21. The monoisotopic (exact) mass is 262 g/mol. The third kappa shape index (κ3) is 2.54. The fourth-order valence-corrected chi connectivity index (χ4v) is 2.04. The molecular formula is C13H18N4O2. The lowest BCUT2D eigenvalue weighted by Crippen LogP contribution is -2.30. The lowest BCUT2D eigenvalue weighted by atomic mass is 10.0. The molecule has 0 aliphatic heterocycles. The molecule has 102 valence electrons. The molecule has 2 aromatic rings. The van der Waals surface area contributed by atoms with Gasteiger partial charge in [0, 0.05) is 7.05 Å². The molecule has 6 nitrogen and oxygen atoms in total. The van der Waals surface area contributed by atoms with Gasteiger partial charge in [0.1, 0.15) is 11.4 Å². The van der Waals surface area contributed by atoms with Crippen LogP contribution in [0, 0.1) is 0 Å². The van der Waals surface area contributed by atoms with Crippen LogP contribution >= 0.6 is 0 Å². The average Bonchev–Trinajstić information content (AvgIpc) is 2.82. The van der Waals surface area contributed by atoms with Crippen LogP contribution in [0.15, 0.2) is 30.5 Å². The molecule has 0 saturated carbocycles. The molecule has 1 aromatic carbocycles. The van der Waals surface area contributed by atoms with Crippen LogP contribution in [0.1, 0.15) is 17.3 Å². The average molecular weight is 262 g/mol. The Hall–Kier alpha value is -2.05. The maximum Gasteiger partial charge on any atom is 0.161 e. The molecule has 0 radical (unpaired) electrons. The fraction of sp³-hybridized carbons (Fsp3) is 0.308. The summed E-state index contributed by atoms with van der Waals surface area (Å²) in [4.78, 5) is 0. The lowest BCUT2D eigenvalue weighted by molar-refractivity contribution is 0.401. The van der Waals surface area contributed by atoms with Crippen molar-refractivity contribution < 1.29 is 9.47 Å².